The molecule has 0 unspecified atom stereocenters. The molecule has 0 saturated carbocycles. The third kappa shape index (κ3) is 4.17. The minimum atomic E-state index is -0.577. The van der Waals surface area contributed by atoms with E-state index in [1.54, 1.807) is 36.4 Å². The Kier molecular flexibility index (Phi) is 5.75. The van der Waals surface area contributed by atoms with Crippen LogP contribution in [0, 0.1) is 11.3 Å². The maximum Gasteiger partial charge on any atom is 0.270 e. The molecule has 1 heterocycles. The van der Waals surface area contributed by atoms with Gasteiger partial charge in [0, 0.05) is 11.1 Å². The Labute approximate surface area is 165 Å². The summed E-state index contributed by atoms with van der Waals surface area (Å²) in [7, 11) is 2.84. The van der Waals surface area contributed by atoms with E-state index in [-0.39, 0.29) is 34.5 Å². The van der Waals surface area contributed by atoms with Gasteiger partial charge < -0.3 is 14.6 Å². The zero-order chi connectivity index (χ0) is 20.8. The number of benzene rings is 2. The zero-order valence-corrected chi connectivity index (χ0v) is 15.6. The fourth-order valence-corrected chi connectivity index (χ4v) is 2.59. The summed E-state index contributed by atoms with van der Waals surface area (Å²) in [6, 6.07) is 13.9. The second-order valence-corrected chi connectivity index (χ2v) is 5.76. The van der Waals surface area contributed by atoms with E-state index in [1.165, 1.54) is 20.4 Å². The van der Waals surface area contributed by atoms with E-state index in [9.17, 15) is 15.2 Å². The number of hydrazone groups is 1. The van der Waals surface area contributed by atoms with E-state index in [2.05, 4.69) is 20.5 Å². The van der Waals surface area contributed by atoms with Crippen LogP contribution in [0.25, 0.3) is 11.3 Å². The molecule has 3 N–H and O–H groups in total. The first-order chi connectivity index (χ1) is 14.1. The number of anilines is 1. The van der Waals surface area contributed by atoms with Crippen molar-refractivity contribution in [1.29, 1.82) is 5.26 Å². The monoisotopic (exact) mass is 391 g/mol. The molecule has 1 aromatic heterocycles. The second kappa shape index (κ2) is 8.58. The molecule has 9 heteroatoms. The van der Waals surface area contributed by atoms with Crippen LogP contribution in [0.5, 0.6) is 17.2 Å². The Morgan fingerprint density at radius 1 is 1.21 bits per heavy atom. The Morgan fingerprint density at radius 2 is 1.86 bits per heavy atom. The zero-order valence-electron chi connectivity index (χ0n) is 15.6. The molecule has 29 heavy (non-hydrogen) atoms. The molecule has 0 radical (unpaired) electrons. The lowest BCUT2D eigenvalue weighted by Crippen LogP contribution is -2.16. The lowest BCUT2D eigenvalue weighted by Gasteiger charge is -2.09. The van der Waals surface area contributed by atoms with Gasteiger partial charge in [-0.25, -0.2) is 10.4 Å². The summed E-state index contributed by atoms with van der Waals surface area (Å²) in [6.07, 6.45) is 1.44. The van der Waals surface area contributed by atoms with Gasteiger partial charge in [0.2, 0.25) is 11.7 Å². The quantitative estimate of drug-likeness (QED) is 0.434. The first-order valence-corrected chi connectivity index (χ1v) is 8.41. The minimum Gasteiger partial charge on any atom is -0.502 e. The van der Waals surface area contributed by atoms with E-state index >= 15 is 0 Å². The SMILES string of the molecule is COc1cc(C=NNc2nc(-c3ccccc3)c(C#N)c(=O)[nH]2)cc(OC)c1O. The van der Waals surface area contributed by atoms with Crippen molar-refractivity contribution in [3.05, 3.63) is 63.9 Å². The highest BCUT2D eigenvalue weighted by atomic mass is 16.5. The first kappa shape index (κ1) is 19.4. The van der Waals surface area contributed by atoms with E-state index in [4.69, 9.17) is 9.47 Å². The van der Waals surface area contributed by atoms with Gasteiger partial charge in [0.1, 0.15) is 11.6 Å². The van der Waals surface area contributed by atoms with Crippen LogP contribution in [0.2, 0.25) is 0 Å². The van der Waals surface area contributed by atoms with Crippen LogP contribution >= 0.6 is 0 Å². The van der Waals surface area contributed by atoms with Gasteiger partial charge in [-0.15, -0.1) is 0 Å². The van der Waals surface area contributed by atoms with Crippen molar-refractivity contribution in [3.63, 3.8) is 0 Å². The summed E-state index contributed by atoms with van der Waals surface area (Å²) >= 11 is 0. The van der Waals surface area contributed by atoms with Gasteiger partial charge in [0.05, 0.1) is 26.1 Å². The standard InChI is InChI=1S/C20H17N5O4/c1-28-15-8-12(9-16(29-2)18(15)26)11-22-25-20-23-17(13-6-4-3-5-7-13)14(10-21)19(27)24-20/h3-9,11,26H,1-2H3,(H2,23,24,25,27). The number of aromatic nitrogens is 2. The highest BCUT2D eigenvalue weighted by molar-refractivity contribution is 5.82. The lowest BCUT2D eigenvalue weighted by atomic mass is 10.1. The first-order valence-electron chi connectivity index (χ1n) is 8.41. The molecule has 0 spiro atoms. The lowest BCUT2D eigenvalue weighted by molar-refractivity contribution is 0.340. The van der Waals surface area contributed by atoms with Crippen molar-refractivity contribution < 1.29 is 14.6 Å². The summed E-state index contributed by atoms with van der Waals surface area (Å²) < 4.78 is 10.2. The van der Waals surface area contributed by atoms with Crippen LogP contribution < -0.4 is 20.5 Å². The van der Waals surface area contributed by atoms with Crippen LogP contribution in [-0.2, 0) is 0 Å². The maximum atomic E-state index is 12.2. The molecule has 0 fully saturated rings. The van der Waals surface area contributed by atoms with Gasteiger partial charge in [-0.05, 0) is 12.1 Å². The smallest absolute Gasteiger partial charge is 0.270 e. The van der Waals surface area contributed by atoms with E-state index in [1.807, 2.05) is 12.1 Å². The Hall–Kier alpha value is -4.32. The van der Waals surface area contributed by atoms with Gasteiger partial charge >= 0.3 is 0 Å². The maximum absolute atomic E-state index is 12.2. The summed E-state index contributed by atoms with van der Waals surface area (Å²) in [5.74, 6) is 0.400. The molecule has 0 amide bonds. The number of H-pyrrole nitrogens is 1. The average Bonchev–Trinajstić information content (AvgIpc) is 2.75. The van der Waals surface area contributed by atoms with Crippen LogP contribution in [0.3, 0.4) is 0 Å². The van der Waals surface area contributed by atoms with Crippen molar-refractivity contribution in [2.75, 3.05) is 19.6 Å². The summed E-state index contributed by atoms with van der Waals surface area (Å²) in [6.45, 7) is 0. The molecule has 0 aliphatic heterocycles. The van der Waals surface area contributed by atoms with Gasteiger partial charge in [0.25, 0.3) is 5.56 Å². The number of methoxy groups -OCH3 is 2. The molecule has 0 atom stereocenters. The minimum absolute atomic E-state index is 0.0711. The average molecular weight is 391 g/mol. The van der Waals surface area contributed by atoms with Crippen LogP contribution in [0.4, 0.5) is 5.95 Å². The van der Waals surface area contributed by atoms with Gasteiger partial charge in [0.15, 0.2) is 11.5 Å². The predicted octanol–water partition coefficient (Wildman–Crippen LogP) is 2.48. The number of nitrogens with one attached hydrogen (secondary N) is 2. The molecule has 9 nitrogen and oxygen atoms in total. The summed E-state index contributed by atoms with van der Waals surface area (Å²) in [4.78, 5) is 19.0. The molecule has 0 aliphatic rings. The van der Waals surface area contributed by atoms with E-state index in [0.717, 1.165) is 0 Å². The topological polar surface area (TPSA) is 133 Å². The number of phenolic OH excluding ortho intramolecular Hbond substituents is 1. The third-order valence-electron chi connectivity index (χ3n) is 3.96. The highest BCUT2D eigenvalue weighted by Gasteiger charge is 2.13. The molecule has 2 aromatic carbocycles. The third-order valence-corrected chi connectivity index (χ3v) is 3.96. The number of hydrogen-bond acceptors (Lipinski definition) is 8. The Morgan fingerprint density at radius 3 is 2.45 bits per heavy atom. The Balaban J connectivity index is 1.91. The van der Waals surface area contributed by atoms with Crippen LogP contribution in [0.15, 0.2) is 52.4 Å². The number of ether oxygens (including phenoxy) is 2. The summed E-state index contributed by atoms with van der Waals surface area (Å²) in [5.41, 5.74) is 3.43. The molecular formula is C20H17N5O4. The fraction of sp³-hybridized carbons (Fsp3) is 0.100. The number of phenols is 1. The van der Waals surface area contributed by atoms with E-state index in [0.29, 0.717) is 11.1 Å². The summed E-state index contributed by atoms with van der Waals surface area (Å²) in [5, 5.41) is 23.3. The fourth-order valence-electron chi connectivity index (χ4n) is 2.59. The van der Waals surface area contributed by atoms with Gasteiger partial charge in [-0.2, -0.15) is 10.4 Å². The number of aromatic amines is 1. The van der Waals surface area contributed by atoms with Gasteiger partial charge in [-0.3, -0.25) is 9.78 Å². The number of nitriles is 1. The molecular weight excluding hydrogens is 374 g/mol. The molecule has 0 bridgehead atoms. The molecule has 146 valence electrons. The number of rotatable bonds is 6. The molecule has 3 rings (SSSR count). The largest absolute Gasteiger partial charge is 0.502 e. The van der Waals surface area contributed by atoms with Crippen molar-refractivity contribution in [2.45, 2.75) is 0 Å². The normalized spacial score (nSPS) is 10.5. The second-order valence-electron chi connectivity index (χ2n) is 5.76. The van der Waals surface area contributed by atoms with Crippen molar-refractivity contribution in [1.82, 2.24) is 9.97 Å². The van der Waals surface area contributed by atoms with Crippen LogP contribution in [-0.4, -0.2) is 35.5 Å². The molecule has 0 saturated heterocycles. The predicted molar refractivity (Wildman–Crippen MR) is 107 cm³/mol. The van der Waals surface area contributed by atoms with Crippen molar-refractivity contribution in [2.24, 2.45) is 5.10 Å². The number of aromatic hydroxyl groups is 1. The molecule has 3 aromatic rings. The van der Waals surface area contributed by atoms with Crippen molar-refractivity contribution >= 4 is 12.2 Å². The van der Waals surface area contributed by atoms with E-state index < -0.39 is 5.56 Å². The molecule has 0 aliphatic carbocycles. The van der Waals surface area contributed by atoms with Crippen LogP contribution in [0.1, 0.15) is 11.1 Å². The number of nitrogens with zero attached hydrogens (tertiary/aromatic N) is 3. The number of hydrogen-bond donors (Lipinski definition) is 3. The van der Waals surface area contributed by atoms with Crippen molar-refractivity contribution in [3.8, 4) is 34.6 Å². The Bertz CT molecular complexity index is 1120. The van der Waals surface area contributed by atoms with Gasteiger partial charge in [-0.1, -0.05) is 30.3 Å². The highest BCUT2D eigenvalue weighted by Crippen LogP contribution is 2.36.